The second-order valence-electron chi connectivity index (χ2n) is 4.10. The topological polar surface area (TPSA) is 55.1 Å². The van der Waals surface area contributed by atoms with Crippen LogP contribution in [0.2, 0.25) is 0 Å². The number of nitrogens with one attached hydrogen (secondary N) is 1. The molecule has 4 nitrogen and oxygen atoms in total. The van der Waals surface area contributed by atoms with Gasteiger partial charge in [0.2, 0.25) is 0 Å². The fourth-order valence-electron chi connectivity index (χ4n) is 1.32. The van der Waals surface area contributed by atoms with Gasteiger partial charge in [-0.2, -0.15) is 0 Å². The minimum atomic E-state index is -0.261. The molecule has 1 N–H and O–H groups in total. The van der Waals surface area contributed by atoms with Gasteiger partial charge in [0.25, 0.3) is 5.91 Å². The number of nitrogens with zero attached hydrogens (tertiary/aromatic N) is 1. The summed E-state index contributed by atoms with van der Waals surface area (Å²) in [6.07, 6.45) is 0. The van der Waals surface area contributed by atoms with Crippen molar-refractivity contribution in [3.63, 3.8) is 0 Å². The molecular formula is C12H14N2O2S. The van der Waals surface area contributed by atoms with Crippen LogP contribution in [-0.4, -0.2) is 10.9 Å². The first-order chi connectivity index (χ1) is 8.06. The fourth-order valence-corrected chi connectivity index (χ4v) is 2.19. The number of amides is 1. The third-order valence-electron chi connectivity index (χ3n) is 2.30. The van der Waals surface area contributed by atoms with Gasteiger partial charge in [-0.15, -0.1) is 11.3 Å². The minimum absolute atomic E-state index is 0.261. The van der Waals surface area contributed by atoms with Gasteiger partial charge in [-0.1, -0.05) is 13.8 Å². The van der Waals surface area contributed by atoms with E-state index in [2.05, 4.69) is 24.1 Å². The van der Waals surface area contributed by atoms with Gasteiger partial charge >= 0.3 is 0 Å². The van der Waals surface area contributed by atoms with Crippen molar-refractivity contribution < 1.29 is 9.21 Å². The van der Waals surface area contributed by atoms with E-state index < -0.39 is 0 Å². The highest BCUT2D eigenvalue weighted by Gasteiger charge is 2.13. The van der Waals surface area contributed by atoms with Crippen LogP contribution >= 0.6 is 11.3 Å². The maximum absolute atomic E-state index is 11.8. The molecule has 90 valence electrons. The second-order valence-corrected chi connectivity index (χ2v) is 4.95. The van der Waals surface area contributed by atoms with Crippen LogP contribution < -0.4 is 5.32 Å². The van der Waals surface area contributed by atoms with E-state index in [-0.39, 0.29) is 5.91 Å². The molecular weight excluding hydrogens is 236 g/mol. The summed E-state index contributed by atoms with van der Waals surface area (Å²) in [5.74, 6) is 1.13. The van der Waals surface area contributed by atoms with E-state index in [0.717, 1.165) is 11.5 Å². The molecule has 17 heavy (non-hydrogen) atoms. The first-order valence-electron chi connectivity index (χ1n) is 5.39. The van der Waals surface area contributed by atoms with Crippen molar-refractivity contribution in [2.24, 2.45) is 0 Å². The van der Waals surface area contributed by atoms with Crippen molar-refractivity contribution in [1.82, 2.24) is 4.98 Å². The highest BCUT2D eigenvalue weighted by Crippen LogP contribution is 2.22. The normalized spacial score (nSPS) is 10.8. The van der Waals surface area contributed by atoms with Gasteiger partial charge in [-0.05, 0) is 25.0 Å². The summed E-state index contributed by atoms with van der Waals surface area (Å²) in [7, 11) is 0. The van der Waals surface area contributed by atoms with Crippen molar-refractivity contribution in [2.45, 2.75) is 26.7 Å². The zero-order valence-corrected chi connectivity index (χ0v) is 10.8. The summed E-state index contributed by atoms with van der Waals surface area (Å²) in [6, 6.07) is 3.41. The van der Waals surface area contributed by atoms with Crippen LogP contribution in [0, 0.1) is 6.92 Å². The van der Waals surface area contributed by atoms with Crippen LogP contribution in [0.15, 0.2) is 21.9 Å². The summed E-state index contributed by atoms with van der Waals surface area (Å²) >= 11 is 1.42. The van der Waals surface area contributed by atoms with Gasteiger partial charge in [-0.3, -0.25) is 10.1 Å². The Hall–Kier alpha value is -1.62. The Morgan fingerprint density at radius 3 is 2.76 bits per heavy atom. The number of hydrogen-bond donors (Lipinski definition) is 1. The Bertz CT molecular complexity index is 528. The molecule has 1 amide bonds. The molecule has 0 saturated heterocycles. The van der Waals surface area contributed by atoms with Crippen molar-refractivity contribution in [1.29, 1.82) is 0 Å². The third-order valence-corrected chi connectivity index (χ3v) is 3.07. The van der Waals surface area contributed by atoms with Gasteiger partial charge in [0, 0.05) is 5.38 Å². The van der Waals surface area contributed by atoms with E-state index in [1.165, 1.54) is 11.3 Å². The number of aromatic nitrogens is 1. The summed E-state index contributed by atoms with van der Waals surface area (Å²) in [6.45, 7) is 5.93. The lowest BCUT2D eigenvalue weighted by atomic mass is 10.2. The van der Waals surface area contributed by atoms with Crippen LogP contribution in [0.5, 0.6) is 0 Å². The van der Waals surface area contributed by atoms with Crippen LogP contribution in [0.4, 0.5) is 5.13 Å². The summed E-state index contributed by atoms with van der Waals surface area (Å²) < 4.78 is 5.24. The van der Waals surface area contributed by atoms with Crippen LogP contribution in [-0.2, 0) is 0 Å². The molecule has 0 spiro atoms. The maximum atomic E-state index is 11.8. The zero-order chi connectivity index (χ0) is 12.4. The fraction of sp³-hybridized carbons (Fsp3) is 0.333. The van der Waals surface area contributed by atoms with Crippen molar-refractivity contribution in [3.8, 4) is 0 Å². The van der Waals surface area contributed by atoms with E-state index in [9.17, 15) is 4.79 Å². The average Bonchev–Trinajstić information content (AvgIpc) is 2.86. The molecule has 0 aromatic carbocycles. The largest absolute Gasteiger partial charge is 0.456 e. The van der Waals surface area contributed by atoms with E-state index in [4.69, 9.17) is 4.42 Å². The van der Waals surface area contributed by atoms with Crippen LogP contribution in [0.3, 0.4) is 0 Å². The number of rotatable bonds is 3. The molecule has 0 saturated carbocycles. The van der Waals surface area contributed by atoms with E-state index in [1.807, 2.05) is 5.38 Å². The molecule has 0 aliphatic rings. The first-order valence-corrected chi connectivity index (χ1v) is 6.27. The van der Waals surface area contributed by atoms with E-state index in [0.29, 0.717) is 16.8 Å². The van der Waals surface area contributed by atoms with Crippen molar-refractivity contribution in [3.05, 3.63) is 34.7 Å². The number of thiazole rings is 1. The maximum Gasteiger partial charge on any atom is 0.293 e. The number of anilines is 1. The molecule has 2 heterocycles. The monoisotopic (exact) mass is 250 g/mol. The van der Waals surface area contributed by atoms with Crippen molar-refractivity contribution >= 4 is 22.4 Å². The molecule has 0 bridgehead atoms. The van der Waals surface area contributed by atoms with Gasteiger partial charge in [0.15, 0.2) is 10.9 Å². The Morgan fingerprint density at radius 2 is 2.24 bits per heavy atom. The standard InChI is InChI=1S/C12H14N2O2S/c1-7(2)9-6-17-12(13-9)14-11(15)10-5-4-8(3)16-10/h4-7H,1-3H3,(H,13,14,15). The van der Waals surface area contributed by atoms with Gasteiger partial charge in [0.05, 0.1) is 5.69 Å². The molecule has 2 rings (SSSR count). The molecule has 2 aromatic rings. The molecule has 2 aromatic heterocycles. The average molecular weight is 250 g/mol. The van der Waals surface area contributed by atoms with E-state index in [1.54, 1.807) is 19.1 Å². The SMILES string of the molecule is Cc1ccc(C(=O)Nc2nc(C(C)C)cs2)o1. The molecule has 0 aliphatic heterocycles. The lowest BCUT2D eigenvalue weighted by Crippen LogP contribution is -2.10. The third kappa shape index (κ3) is 2.74. The van der Waals surface area contributed by atoms with Crippen LogP contribution in [0.25, 0.3) is 0 Å². The number of carbonyl (C=O) groups is 1. The Balaban J connectivity index is 2.07. The number of hydrogen-bond acceptors (Lipinski definition) is 4. The Morgan fingerprint density at radius 1 is 1.47 bits per heavy atom. The van der Waals surface area contributed by atoms with Gasteiger partial charge in [0.1, 0.15) is 5.76 Å². The Labute approximate surface area is 104 Å². The van der Waals surface area contributed by atoms with Crippen LogP contribution in [0.1, 0.15) is 41.8 Å². The molecule has 0 fully saturated rings. The highest BCUT2D eigenvalue weighted by molar-refractivity contribution is 7.14. The lowest BCUT2D eigenvalue weighted by molar-refractivity contribution is 0.0995. The summed E-state index contributed by atoms with van der Waals surface area (Å²) in [4.78, 5) is 16.1. The molecule has 0 aliphatic carbocycles. The summed E-state index contributed by atoms with van der Waals surface area (Å²) in [5, 5.41) is 5.28. The zero-order valence-electron chi connectivity index (χ0n) is 9.98. The summed E-state index contributed by atoms with van der Waals surface area (Å²) in [5.41, 5.74) is 0.987. The second kappa shape index (κ2) is 4.71. The first kappa shape index (κ1) is 11.9. The van der Waals surface area contributed by atoms with E-state index >= 15 is 0 Å². The smallest absolute Gasteiger partial charge is 0.293 e. The Kier molecular flexibility index (Phi) is 3.28. The van der Waals surface area contributed by atoms with Gasteiger partial charge in [-0.25, -0.2) is 4.98 Å². The highest BCUT2D eigenvalue weighted by atomic mass is 32.1. The van der Waals surface area contributed by atoms with Crippen molar-refractivity contribution in [2.75, 3.05) is 5.32 Å². The number of aryl methyl sites for hydroxylation is 1. The minimum Gasteiger partial charge on any atom is -0.456 e. The molecule has 0 atom stereocenters. The lowest BCUT2D eigenvalue weighted by Gasteiger charge is -1.99. The number of carbonyl (C=O) groups excluding carboxylic acids is 1. The molecule has 0 radical (unpaired) electrons. The quantitative estimate of drug-likeness (QED) is 0.908. The molecule has 5 heteroatoms. The number of furan rings is 1. The predicted molar refractivity (Wildman–Crippen MR) is 67.6 cm³/mol. The molecule has 0 unspecified atom stereocenters. The van der Waals surface area contributed by atoms with Gasteiger partial charge < -0.3 is 4.42 Å². The predicted octanol–water partition coefficient (Wildman–Crippen LogP) is 3.42.